The van der Waals surface area contributed by atoms with Gasteiger partial charge in [0.1, 0.15) is 0 Å². The fourth-order valence-electron chi connectivity index (χ4n) is 16.9. The van der Waals surface area contributed by atoms with Gasteiger partial charge in [-0.2, -0.15) is 31.6 Å². The third-order valence-electron chi connectivity index (χ3n) is 23.7. The molecule has 3 heterocycles. The minimum absolute atomic E-state index is 0.549. The van der Waals surface area contributed by atoms with E-state index in [1.807, 2.05) is 146 Å². The second-order valence-corrected chi connectivity index (χ2v) is 32.6. The summed E-state index contributed by atoms with van der Waals surface area (Å²) in [5, 5.41) is 66.1. The summed E-state index contributed by atoms with van der Waals surface area (Å²) in [4.78, 5) is 0. The highest BCUT2D eigenvalue weighted by atomic mass is 15.0. The lowest BCUT2D eigenvalue weighted by molar-refractivity contribution is 0.541. The van der Waals surface area contributed by atoms with Gasteiger partial charge in [-0.1, -0.05) is 265 Å². The molecule has 9 heteroatoms. The minimum atomic E-state index is 0.549. The number of aryl methyl sites for hydroxylation is 3. The van der Waals surface area contributed by atoms with Crippen molar-refractivity contribution in [2.45, 2.75) is 233 Å². The van der Waals surface area contributed by atoms with Gasteiger partial charge in [0.05, 0.1) is 103 Å². The van der Waals surface area contributed by atoms with Crippen LogP contribution in [0.1, 0.15) is 314 Å². The Hall–Kier alpha value is -14.1. The molecule has 0 fully saturated rings. The molecule has 0 aliphatic heterocycles. The highest BCUT2D eigenvalue weighted by Gasteiger charge is 2.30. The Morgan fingerprint density at radius 1 is 0.187 bits per heavy atom. The molecule has 0 N–H and O–H groups in total. The van der Waals surface area contributed by atoms with E-state index >= 15 is 0 Å². The third-order valence-corrected chi connectivity index (χ3v) is 23.7. The molecule has 0 aliphatic rings. The number of fused-ring (bicyclic) bond motifs is 12. The van der Waals surface area contributed by atoms with E-state index < -0.39 is 0 Å². The van der Waals surface area contributed by atoms with Gasteiger partial charge >= 0.3 is 0 Å². The highest BCUT2D eigenvalue weighted by molar-refractivity contribution is 6.40. The number of unbranched alkanes of at least 4 members (excludes halogenated alkanes) is 27. The number of aromatic nitrogens is 3. The lowest BCUT2D eigenvalue weighted by atomic mass is 9.97. The molecule has 0 radical (unpaired) electrons. The predicted octanol–water partition coefficient (Wildman–Crippen LogP) is 27.4. The number of nitrogens with zero attached hydrogens (tertiary/aromatic N) is 9. The van der Waals surface area contributed by atoms with Crippen LogP contribution in [0.3, 0.4) is 0 Å². The molecule has 0 amide bonds. The van der Waals surface area contributed by atoms with Crippen LogP contribution in [-0.2, 0) is 19.6 Å². The summed E-state index contributed by atoms with van der Waals surface area (Å²) in [5.74, 6) is 43.4. The van der Waals surface area contributed by atoms with Crippen molar-refractivity contribution in [3.63, 3.8) is 0 Å². The van der Waals surface area contributed by atoms with Gasteiger partial charge in [0.2, 0.25) is 0 Å². The smallest absolute Gasteiger partial charge is 0.0991 e. The molecular weight excluding hydrogens is 1500 g/mol. The van der Waals surface area contributed by atoms with Crippen molar-refractivity contribution < 1.29 is 0 Å². The summed E-state index contributed by atoms with van der Waals surface area (Å²) < 4.78 is 7.91. The molecule has 123 heavy (non-hydrogen) atoms. The van der Waals surface area contributed by atoms with E-state index in [1.54, 1.807) is 0 Å². The molecule has 606 valence electrons. The first kappa shape index (κ1) is 86.7. The van der Waals surface area contributed by atoms with Gasteiger partial charge in [-0.25, -0.2) is 0 Å². The van der Waals surface area contributed by atoms with E-state index in [-0.39, 0.29) is 0 Å². The number of hydrogen-bond donors (Lipinski definition) is 0. The van der Waals surface area contributed by atoms with E-state index in [9.17, 15) is 31.6 Å². The predicted molar refractivity (Wildman–Crippen MR) is 504 cm³/mol. The van der Waals surface area contributed by atoms with Crippen LogP contribution >= 0.6 is 0 Å². The van der Waals surface area contributed by atoms with E-state index in [0.29, 0.717) is 53.0 Å². The van der Waals surface area contributed by atoms with E-state index in [4.69, 9.17) is 0 Å². The molecule has 3 aromatic heterocycles. The second kappa shape index (κ2) is 44.8. The first-order valence-corrected chi connectivity index (χ1v) is 44.9. The van der Waals surface area contributed by atoms with Gasteiger partial charge in [0.25, 0.3) is 0 Å². The van der Waals surface area contributed by atoms with Crippen molar-refractivity contribution >= 4 is 65.4 Å². The molecule has 0 unspecified atom stereocenters. The van der Waals surface area contributed by atoms with Crippen LogP contribution in [0.15, 0.2) is 182 Å². The molecule has 0 saturated carbocycles. The van der Waals surface area contributed by atoms with Crippen LogP contribution in [0.4, 0.5) is 0 Å². The van der Waals surface area contributed by atoms with E-state index in [1.165, 1.54) is 135 Å². The molecule has 13 rings (SSSR count). The Labute approximate surface area is 728 Å². The summed E-state index contributed by atoms with van der Waals surface area (Å²) in [6.07, 6.45) is 35.3. The quantitative estimate of drug-likeness (QED) is 0.0294. The normalized spacial score (nSPS) is 10.7. The van der Waals surface area contributed by atoms with Crippen LogP contribution in [0.5, 0.6) is 0 Å². The summed E-state index contributed by atoms with van der Waals surface area (Å²) in [5.41, 5.74) is 18.8. The number of benzene rings is 10. The standard InChI is InChI=1S/C114H105N9/c1-4-7-10-13-16-19-22-25-28-31-70-121-106-76-100(67-61-88-40-52-94(82-118)53-41-88)97(64-58-85-34-46-91(79-115)47-35-85)73-103(106)109-112(121)110-104-74-98(65-59-86-36-48-92(80-116)49-37-86)101(68-62-89-42-54-95(83-119)55-43-89)77-107(104)122(71-32-29-26-23-20-17-14-11-8-5-2)114(110)111-105-75-99(66-60-87-38-50-93(81-117)51-39-87)102(69-63-90-44-56-96(84-120)57-45-90)78-108(105)123(113(109)111)72-33-30-27-24-21-18-15-12-9-6-3/h34-57,73-78H,4-33,70-72H2,1-3H3. The highest BCUT2D eigenvalue weighted by Crippen LogP contribution is 2.50. The molecule has 13 aromatic rings. The van der Waals surface area contributed by atoms with Gasteiger partial charge in [-0.15, -0.1) is 0 Å². The summed E-state index contributed by atoms with van der Waals surface area (Å²) in [6.45, 7) is 8.93. The Kier molecular flexibility index (Phi) is 31.6. The molecule has 0 aliphatic carbocycles. The van der Waals surface area contributed by atoms with Gasteiger partial charge in [-0.05, 0) is 201 Å². The Bertz CT molecular complexity index is 5960. The van der Waals surface area contributed by atoms with Crippen LogP contribution in [0.25, 0.3) is 65.4 Å². The maximum Gasteiger partial charge on any atom is 0.0991 e. The second-order valence-electron chi connectivity index (χ2n) is 32.6. The van der Waals surface area contributed by atoms with Crippen molar-refractivity contribution in [2.75, 3.05) is 0 Å². The van der Waals surface area contributed by atoms with Gasteiger partial charge < -0.3 is 13.7 Å². The Morgan fingerprint density at radius 3 is 0.512 bits per heavy atom. The SMILES string of the molecule is CCCCCCCCCCCCn1c2cc(C#Cc3ccc(C#N)cc3)c(C#Cc3ccc(C#N)cc3)cc2c2c1c1c3cc(C#Cc4ccc(C#N)cc4)c(C#Cc4ccc(C#N)cc4)cc3n(CCCCCCCCCCCC)c1c1c3cc(C#Cc4ccc(C#N)cc4)c(C#Cc4ccc(C#N)cc4)cc3n(CCCCCCCCCCCC)c21. The molecule has 0 saturated heterocycles. The topological polar surface area (TPSA) is 158 Å². The fourth-order valence-corrected chi connectivity index (χ4v) is 16.9. The molecule has 0 atom stereocenters. The lowest BCUT2D eigenvalue weighted by Gasteiger charge is -2.13. The summed E-state index contributed by atoms with van der Waals surface area (Å²) in [6, 6.07) is 72.1. The van der Waals surface area contributed by atoms with Crippen LogP contribution in [0, 0.1) is 139 Å². The lowest BCUT2D eigenvalue weighted by Crippen LogP contribution is -2.02. The van der Waals surface area contributed by atoms with Crippen molar-refractivity contribution in [2.24, 2.45) is 0 Å². The molecule has 10 aromatic carbocycles. The molecular formula is C114H105N9. The van der Waals surface area contributed by atoms with Crippen LogP contribution in [0.2, 0.25) is 0 Å². The van der Waals surface area contributed by atoms with Crippen molar-refractivity contribution in [3.05, 3.63) is 282 Å². The maximum atomic E-state index is 9.96. The van der Waals surface area contributed by atoms with Crippen molar-refractivity contribution in [1.29, 1.82) is 31.6 Å². The summed E-state index contributed by atoms with van der Waals surface area (Å²) in [7, 11) is 0. The molecule has 9 nitrogen and oxygen atoms in total. The summed E-state index contributed by atoms with van der Waals surface area (Å²) >= 11 is 0. The largest absolute Gasteiger partial charge is 0.340 e. The number of hydrogen-bond acceptors (Lipinski definition) is 6. The Morgan fingerprint density at radius 2 is 0.341 bits per heavy atom. The van der Waals surface area contributed by atoms with E-state index in [2.05, 4.69) is 178 Å². The van der Waals surface area contributed by atoms with Crippen LogP contribution in [-0.4, -0.2) is 13.7 Å². The van der Waals surface area contributed by atoms with Crippen molar-refractivity contribution in [3.8, 4) is 107 Å². The molecule has 0 spiro atoms. The first-order chi connectivity index (χ1) is 60.6. The fraction of sp³-hybridized carbons (Fsp3) is 0.316. The maximum absolute atomic E-state index is 9.96. The average molecular weight is 1600 g/mol. The first-order valence-electron chi connectivity index (χ1n) is 44.9. The van der Waals surface area contributed by atoms with Gasteiger partial charge in [0.15, 0.2) is 0 Å². The average Bonchev–Trinajstić information content (AvgIpc) is 1.51. The van der Waals surface area contributed by atoms with Gasteiger partial charge in [-0.3, -0.25) is 0 Å². The number of nitriles is 6. The van der Waals surface area contributed by atoms with Crippen LogP contribution < -0.4 is 0 Å². The Balaban J connectivity index is 1.19. The molecule has 0 bridgehead atoms. The zero-order chi connectivity index (χ0) is 85.3. The zero-order valence-corrected chi connectivity index (χ0v) is 71.7. The number of rotatable bonds is 33. The third kappa shape index (κ3) is 22.5. The van der Waals surface area contributed by atoms with E-state index in [0.717, 1.165) is 190 Å². The zero-order valence-electron chi connectivity index (χ0n) is 71.7. The van der Waals surface area contributed by atoms with Gasteiger partial charge in [0, 0.05) is 119 Å². The van der Waals surface area contributed by atoms with Crippen molar-refractivity contribution in [1.82, 2.24) is 13.7 Å². The monoisotopic (exact) mass is 1600 g/mol. The minimum Gasteiger partial charge on any atom is -0.340 e.